The summed E-state index contributed by atoms with van der Waals surface area (Å²) >= 11 is 0. The summed E-state index contributed by atoms with van der Waals surface area (Å²) in [6, 6.07) is 5.57. The summed E-state index contributed by atoms with van der Waals surface area (Å²) in [5.41, 5.74) is 0.802. The first-order valence-corrected chi connectivity index (χ1v) is 10.0. The third-order valence-corrected chi connectivity index (χ3v) is 6.08. The predicted octanol–water partition coefficient (Wildman–Crippen LogP) is 0.384. The summed E-state index contributed by atoms with van der Waals surface area (Å²) in [6.45, 7) is 1.74. The first-order chi connectivity index (χ1) is 11.4. The van der Waals surface area contributed by atoms with Crippen molar-refractivity contribution in [2.24, 2.45) is 11.8 Å². The van der Waals surface area contributed by atoms with E-state index in [0.29, 0.717) is 39.1 Å². The van der Waals surface area contributed by atoms with E-state index in [1.807, 2.05) is 18.2 Å². The van der Waals surface area contributed by atoms with E-state index in [1.54, 1.807) is 6.20 Å². The van der Waals surface area contributed by atoms with Crippen LogP contribution in [0.1, 0.15) is 18.5 Å². The predicted molar refractivity (Wildman–Crippen MR) is 88.5 cm³/mol. The Labute approximate surface area is 142 Å². The number of piperidine rings is 1. The fourth-order valence-corrected chi connectivity index (χ4v) is 4.40. The molecule has 3 heterocycles. The van der Waals surface area contributed by atoms with Gasteiger partial charge in [0.15, 0.2) is 0 Å². The van der Waals surface area contributed by atoms with Gasteiger partial charge < -0.3 is 10.1 Å². The number of ether oxygens (including phenoxy) is 1. The molecule has 3 atom stereocenters. The topological polar surface area (TPSA) is 88.6 Å². The Hall–Kier alpha value is -1.51. The lowest BCUT2D eigenvalue weighted by Gasteiger charge is -2.43. The lowest BCUT2D eigenvalue weighted by atomic mass is 9.79. The number of sulfonamides is 1. The van der Waals surface area contributed by atoms with Gasteiger partial charge in [-0.15, -0.1) is 0 Å². The molecule has 7 nitrogen and oxygen atoms in total. The van der Waals surface area contributed by atoms with E-state index in [4.69, 9.17) is 4.74 Å². The van der Waals surface area contributed by atoms with Crippen LogP contribution >= 0.6 is 0 Å². The molecule has 0 aromatic carbocycles. The molecule has 1 aromatic rings. The summed E-state index contributed by atoms with van der Waals surface area (Å²) in [6.07, 6.45) is 4.13. The number of nitrogens with one attached hydrogen (secondary N) is 1. The van der Waals surface area contributed by atoms with E-state index >= 15 is 0 Å². The zero-order valence-corrected chi connectivity index (χ0v) is 14.5. The van der Waals surface area contributed by atoms with Crippen molar-refractivity contribution in [3.63, 3.8) is 0 Å². The van der Waals surface area contributed by atoms with Gasteiger partial charge in [-0.25, -0.2) is 12.7 Å². The van der Waals surface area contributed by atoms with Gasteiger partial charge in [0.05, 0.1) is 24.6 Å². The minimum atomic E-state index is -3.24. The standard InChI is InChI=1S/C16H23N3O4S/c1-24(21,22)19-8-5-15-14(11-19)13(6-9-23-15)16(20)18-10-12-4-2-3-7-17-12/h2-4,7,13-15H,5-6,8-11H2,1H3,(H,18,20)/t13-,14+,15-/m1/s1. The molecular weight excluding hydrogens is 330 g/mol. The van der Waals surface area contributed by atoms with Crippen LogP contribution in [0.5, 0.6) is 0 Å². The molecule has 3 rings (SSSR count). The van der Waals surface area contributed by atoms with Crippen molar-refractivity contribution in [1.82, 2.24) is 14.6 Å². The Morgan fingerprint density at radius 1 is 1.42 bits per heavy atom. The van der Waals surface area contributed by atoms with Gasteiger partial charge in [-0.3, -0.25) is 9.78 Å². The monoisotopic (exact) mass is 353 g/mol. The molecule has 0 spiro atoms. The molecule has 2 aliphatic heterocycles. The highest BCUT2D eigenvalue weighted by atomic mass is 32.2. The maximum atomic E-state index is 12.6. The molecule has 1 aromatic heterocycles. The van der Waals surface area contributed by atoms with Crippen LogP contribution in [0.25, 0.3) is 0 Å². The summed E-state index contributed by atoms with van der Waals surface area (Å²) in [7, 11) is -3.24. The molecule has 0 aliphatic carbocycles. The molecule has 2 saturated heterocycles. The highest BCUT2D eigenvalue weighted by Crippen LogP contribution is 2.34. The molecule has 0 bridgehead atoms. The van der Waals surface area contributed by atoms with Crippen molar-refractivity contribution < 1.29 is 17.9 Å². The largest absolute Gasteiger partial charge is 0.378 e. The minimum Gasteiger partial charge on any atom is -0.378 e. The summed E-state index contributed by atoms with van der Waals surface area (Å²) in [4.78, 5) is 16.8. The zero-order valence-electron chi connectivity index (χ0n) is 13.7. The van der Waals surface area contributed by atoms with Crippen LogP contribution in [0.4, 0.5) is 0 Å². The minimum absolute atomic E-state index is 0.0395. The second kappa shape index (κ2) is 7.16. The third-order valence-electron chi connectivity index (χ3n) is 4.81. The van der Waals surface area contributed by atoms with E-state index in [0.717, 1.165) is 5.69 Å². The van der Waals surface area contributed by atoms with Crippen LogP contribution in [0.15, 0.2) is 24.4 Å². The second-order valence-electron chi connectivity index (χ2n) is 6.42. The van der Waals surface area contributed by atoms with Crippen LogP contribution in [0, 0.1) is 11.8 Å². The SMILES string of the molecule is CS(=O)(=O)N1CC[C@H]2OCC[C@@H](C(=O)NCc3ccccn3)[C@@H]2C1. The van der Waals surface area contributed by atoms with Crippen molar-refractivity contribution in [2.75, 3.05) is 26.0 Å². The molecule has 8 heteroatoms. The maximum absolute atomic E-state index is 12.6. The average molecular weight is 353 g/mol. The van der Waals surface area contributed by atoms with E-state index in [9.17, 15) is 13.2 Å². The van der Waals surface area contributed by atoms with Crippen molar-refractivity contribution in [1.29, 1.82) is 0 Å². The van der Waals surface area contributed by atoms with Crippen LogP contribution in [-0.2, 0) is 26.1 Å². The molecule has 2 fully saturated rings. The van der Waals surface area contributed by atoms with Crippen molar-refractivity contribution in [2.45, 2.75) is 25.5 Å². The van der Waals surface area contributed by atoms with Gasteiger partial charge in [-0.05, 0) is 25.0 Å². The summed E-state index contributed by atoms with van der Waals surface area (Å²) < 4.78 is 30.9. The van der Waals surface area contributed by atoms with Crippen LogP contribution in [-0.4, -0.2) is 55.7 Å². The number of carbonyl (C=O) groups is 1. The smallest absolute Gasteiger partial charge is 0.223 e. The first kappa shape index (κ1) is 17.3. The van der Waals surface area contributed by atoms with Gasteiger partial charge in [0.2, 0.25) is 15.9 Å². The number of hydrogen-bond acceptors (Lipinski definition) is 5. The fourth-order valence-electron chi connectivity index (χ4n) is 3.52. The van der Waals surface area contributed by atoms with Crippen molar-refractivity contribution in [3.05, 3.63) is 30.1 Å². The van der Waals surface area contributed by atoms with Crippen molar-refractivity contribution >= 4 is 15.9 Å². The Balaban J connectivity index is 1.66. The van der Waals surface area contributed by atoms with Crippen LogP contribution in [0.3, 0.4) is 0 Å². The number of carbonyl (C=O) groups excluding carboxylic acids is 1. The molecule has 0 radical (unpaired) electrons. The Morgan fingerprint density at radius 2 is 2.25 bits per heavy atom. The second-order valence-corrected chi connectivity index (χ2v) is 8.40. The van der Waals surface area contributed by atoms with Crippen LogP contribution in [0.2, 0.25) is 0 Å². The number of rotatable bonds is 4. The number of pyridine rings is 1. The van der Waals surface area contributed by atoms with Gasteiger partial charge in [0, 0.05) is 37.7 Å². The van der Waals surface area contributed by atoms with Gasteiger partial charge in [-0.2, -0.15) is 0 Å². The molecule has 1 N–H and O–H groups in total. The molecule has 24 heavy (non-hydrogen) atoms. The average Bonchev–Trinajstić information content (AvgIpc) is 2.58. The lowest BCUT2D eigenvalue weighted by molar-refractivity contribution is -0.139. The molecule has 1 amide bonds. The molecule has 132 valence electrons. The summed E-state index contributed by atoms with van der Waals surface area (Å²) in [5, 5.41) is 2.93. The van der Waals surface area contributed by atoms with Crippen LogP contribution < -0.4 is 5.32 Å². The molecule has 0 saturated carbocycles. The quantitative estimate of drug-likeness (QED) is 0.846. The van der Waals surface area contributed by atoms with E-state index in [-0.39, 0.29) is 23.8 Å². The fraction of sp³-hybridized carbons (Fsp3) is 0.625. The zero-order chi connectivity index (χ0) is 17.2. The van der Waals surface area contributed by atoms with E-state index in [1.165, 1.54) is 10.6 Å². The third kappa shape index (κ3) is 3.93. The van der Waals surface area contributed by atoms with E-state index in [2.05, 4.69) is 10.3 Å². The number of nitrogens with zero attached hydrogens (tertiary/aromatic N) is 2. The van der Waals surface area contributed by atoms with Gasteiger partial charge >= 0.3 is 0 Å². The highest BCUT2D eigenvalue weighted by Gasteiger charge is 2.43. The lowest BCUT2D eigenvalue weighted by Crippen LogP contribution is -2.54. The van der Waals surface area contributed by atoms with Gasteiger partial charge in [0.25, 0.3) is 0 Å². The molecule has 2 aliphatic rings. The van der Waals surface area contributed by atoms with Gasteiger partial charge in [0.1, 0.15) is 0 Å². The van der Waals surface area contributed by atoms with Crippen molar-refractivity contribution in [3.8, 4) is 0 Å². The summed E-state index contributed by atoms with van der Waals surface area (Å²) in [5.74, 6) is -0.364. The normalized spacial score (nSPS) is 28.1. The Morgan fingerprint density at radius 3 is 2.96 bits per heavy atom. The number of hydrogen-bond donors (Lipinski definition) is 1. The first-order valence-electron chi connectivity index (χ1n) is 8.19. The molecule has 0 unspecified atom stereocenters. The highest BCUT2D eigenvalue weighted by molar-refractivity contribution is 7.88. The maximum Gasteiger partial charge on any atom is 0.223 e. The Bertz CT molecular complexity index is 680. The number of fused-ring (bicyclic) bond motifs is 1. The number of amides is 1. The Kier molecular flexibility index (Phi) is 5.17. The van der Waals surface area contributed by atoms with E-state index < -0.39 is 10.0 Å². The number of aromatic nitrogens is 1. The molecular formula is C16H23N3O4S. The van der Waals surface area contributed by atoms with Gasteiger partial charge in [-0.1, -0.05) is 6.07 Å².